The molecule has 0 saturated heterocycles. The van der Waals surface area contributed by atoms with Crippen molar-refractivity contribution in [2.24, 2.45) is 5.92 Å². The van der Waals surface area contributed by atoms with Crippen LogP contribution in [0.3, 0.4) is 0 Å². The second-order valence-corrected chi connectivity index (χ2v) is 7.35. The number of aliphatic hydroxyl groups is 1. The Morgan fingerprint density at radius 2 is 2.10 bits per heavy atom. The van der Waals surface area contributed by atoms with Crippen LogP contribution < -0.4 is 4.72 Å². The van der Waals surface area contributed by atoms with E-state index in [-0.39, 0.29) is 17.7 Å². The van der Waals surface area contributed by atoms with Crippen molar-refractivity contribution in [3.8, 4) is 0 Å². The third-order valence-corrected chi connectivity index (χ3v) is 5.52. The van der Waals surface area contributed by atoms with Gasteiger partial charge in [0.05, 0.1) is 6.61 Å². The van der Waals surface area contributed by atoms with Crippen LogP contribution in [0.5, 0.6) is 0 Å². The number of H-pyrrole nitrogens is 1. The highest BCUT2D eigenvalue weighted by atomic mass is 32.2. The predicted molar refractivity (Wildman–Crippen MR) is 75.6 cm³/mol. The first-order valence-electron chi connectivity index (χ1n) is 7.11. The second kappa shape index (κ2) is 6.24. The first kappa shape index (κ1) is 15.5. The van der Waals surface area contributed by atoms with Crippen molar-refractivity contribution in [3.05, 3.63) is 11.3 Å². The molecular weight excluding hydrogens is 278 g/mol. The van der Waals surface area contributed by atoms with Crippen molar-refractivity contribution in [2.45, 2.75) is 63.6 Å². The molecule has 0 aromatic carbocycles. The van der Waals surface area contributed by atoms with Crippen LogP contribution in [0, 0.1) is 12.8 Å². The molecule has 1 aliphatic carbocycles. The van der Waals surface area contributed by atoms with Crippen molar-refractivity contribution < 1.29 is 13.5 Å². The Hall–Kier alpha value is -0.920. The van der Waals surface area contributed by atoms with Crippen LogP contribution in [-0.2, 0) is 16.6 Å². The lowest BCUT2D eigenvalue weighted by atomic mass is 10.0. The fourth-order valence-corrected chi connectivity index (χ4v) is 4.21. The molecule has 2 rings (SSSR count). The van der Waals surface area contributed by atoms with Crippen molar-refractivity contribution in [1.82, 2.24) is 14.9 Å². The number of rotatable bonds is 4. The van der Waals surface area contributed by atoms with Gasteiger partial charge in [0.25, 0.3) is 10.0 Å². The fraction of sp³-hybridized carbons (Fsp3) is 0.769. The summed E-state index contributed by atoms with van der Waals surface area (Å²) in [5, 5.41) is 15.7. The molecule has 0 radical (unpaired) electrons. The minimum atomic E-state index is -3.67. The largest absolute Gasteiger partial charge is 0.392 e. The molecular formula is C13H23N3O3S. The molecule has 1 fully saturated rings. The van der Waals surface area contributed by atoms with Gasteiger partial charge in [-0.1, -0.05) is 19.8 Å². The van der Waals surface area contributed by atoms with E-state index in [9.17, 15) is 13.5 Å². The summed E-state index contributed by atoms with van der Waals surface area (Å²) in [5.74, 6) is 0.658. The van der Waals surface area contributed by atoms with Gasteiger partial charge in [-0.25, -0.2) is 13.1 Å². The third kappa shape index (κ3) is 3.39. The molecule has 0 aliphatic heterocycles. The van der Waals surface area contributed by atoms with Crippen LogP contribution in [0.25, 0.3) is 0 Å². The number of hydrogen-bond donors (Lipinski definition) is 3. The number of sulfonamides is 1. The Labute approximate surface area is 120 Å². The molecule has 1 aromatic rings. The van der Waals surface area contributed by atoms with Gasteiger partial charge in [-0.2, -0.15) is 5.10 Å². The molecule has 1 aliphatic rings. The van der Waals surface area contributed by atoms with Crippen LogP contribution in [-0.4, -0.2) is 29.8 Å². The molecule has 1 aromatic heterocycles. The van der Waals surface area contributed by atoms with E-state index in [2.05, 4.69) is 21.8 Å². The van der Waals surface area contributed by atoms with Crippen molar-refractivity contribution in [3.63, 3.8) is 0 Å². The molecule has 20 heavy (non-hydrogen) atoms. The first-order chi connectivity index (χ1) is 9.44. The summed E-state index contributed by atoms with van der Waals surface area (Å²) in [5.41, 5.74) is 0.932. The van der Waals surface area contributed by atoms with Crippen LogP contribution in [0.2, 0.25) is 0 Å². The molecule has 2 unspecified atom stereocenters. The Morgan fingerprint density at radius 1 is 1.35 bits per heavy atom. The van der Waals surface area contributed by atoms with Gasteiger partial charge in [-0.15, -0.1) is 0 Å². The van der Waals surface area contributed by atoms with E-state index in [0.29, 0.717) is 17.2 Å². The van der Waals surface area contributed by atoms with E-state index in [4.69, 9.17) is 0 Å². The average Bonchev–Trinajstić information content (AvgIpc) is 2.66. The zero-order valence-electron chi connectivity index (χ0n) is 12.0. The number of aryl methyl sites for hydroxylation is 1. The number of nitrogens with zero attached hydrogens (tertiary/aromatic N) is 1. The van der Waals surface area contributed by atoms with E-state index in [0.717, 1.165) is 32.1 Å². The lowest BCUT2D eigenvalue weighted by Gasteiger charge is -2.16. The monoisotopic (exact) mass is 301 g/mol. The lowest BCUT2D eigenvalue weighted by Crippen LogP contribution is -2.35. The summed E-state index contributed by atoms with van der Waals surface area (Å²) in [6.45, 7) is 3.57. The van der Waals surface area contributed by atoms with Gasteiger partial charge in [0.1, 0.15) is 0 Å². The smallest absolute Gasteiger partial charge is 0.260 e. The van der Waals surface area contributed by atoms with Crippen molar-refractivity contribution in [2.75, 3.05) is 0 Å². The Balaban J connectivity index is 2.14. The highest BCUT2D eigenvalue weighted by Gasteiger charge is 2.27. The predicted octanol–water partition coefficient (Wildman–Crippen LogP) is 1.46. The summed E-state index contributed by atoms with van der Waals surface area (Å²) < 4.78 is 27.5. The summed E-state index contributed by atoms with van der Waals surface area (Å²) in [7, 11) is -3.67. The topological polar surface area (TPSA) is 95.1 Å². The van der Waals surface area contributed by atoms with Gasteiger partial charge in [0.2, 0.25) is 0 Å². The number of hydrogen-bond acceptors (Lipinski definition) is 4. The van der Waals surface area contributed by atoms with Gasteiger partial charge >= 0.3 is 0 Å². The highest BCUT2D eigenvalue weighted by molar-refractivity contribution is 7.89. The summed E-state index contributed by atoms with van der Waals surface area (Å²) in [4.78, 5) is 0. The van der Waals surface area contributed by atoms with E-state index >= 15 is 0 Å². The molecule has 1 heterocycles. The first-order valence-corrected chi connectivity index (χ1v) is 8.59. The zero-order valence-corrected chi connectivity index (χ0v) is 12.8. The summed E-state index contributed by atoms with van der Waals surface area (Å²) in [6.07, 6.45) is 4.96. The van der Waals surface area contributed by atoms with Crippen molar-refractivity contribution in [1.29, 1.82) is 0 Å². The minimum Gasteiger partial charge on any atom is -0.392 e. The van der Waals surface area contributed by atoms with Gasteiger partial charge in [0, 0.05) is 17.3 Å². The SMILES string of the molecule is Cc1[nH]nc(S(=O)(=O)NC2CCCC(C)CC2)c1CO. The number of nitrogens with one attached hydrogen (secondary N) is 2. The van der Waals surface area contributed by atoms with Crippen LogP contribution in [0.4, 0.5) is 0 Å². The van der Waals surface area contributed by atoms with Gasteiger partial charge in [-0.05, 0) is 32.1 Å². The molecule has 6 nitrogen and oxygen atoms in total. The van der Waals surface area contributed by atoms with Crippen LogP contribution in [0.15, 0.2) is 5.03 Å². The lowest BCUT2D eigenvalue weighted by molar-refractivity contribution is 0.277. The minimum absolute atomic E-state index is 0.0338. The van der Waals surface area contributed by atoms with Gasteiger partial charge in [-0.3, -0.25) is 5.10 Å². The number of aromatic nitrogens is 2. The van der Waals surface area contributed by atoms with Crippen LogP contribution in [0.1, 0.15) is 50.3 Å². The van der Waals surface area contributed by atoms with Gasteiger partial charge in [0.15, 0.2) is 5.03 Å². The second-order valence-electron chi connectivity index (χ2n) is 5.72. The average molecular weight is 301 g/mol. The molecule has 0 bridgehead atoms. The third-order valence-electron chi connectivity index (χ3n) is 4.03. The molecule has 3 N–H and O–H groups in total. The Bertz CT molecular complexity index is 553. The Morgan fingerprint density at radius 3 is 2.80 bits per heavy atom. The molecule has 1 saturated carbocycles. The van der Waals surface area contributed by atoms with E-state index in [1.807, 2.05) is 0 Å². The van der Waals surface area contributed by atoms with Gasteiger partial charge < -0.3 is 5.11 Å². The maximum absolute atomic E-state index is 12.4. The van der Waals surface area contributed by atoms with E-state index in [1.165, 1.54) is 0 Å². The zero-order chi connectivity index (χ0) is 14.8. The van der Waals surface area contributed by atoms with Crippen LogP contribution >= 0.6 is 0 Å². The normalized spacial score (nSPS) is 24.6. The van der Waals surface area contributed by atoms with E-state index in [1.54, 1.807) is 6.92 Å². The Kier molecular flexibility index (Phi) is 4.82. The summed E-state index contributed by atoms with van der Waals surface area (Å²) >= 11 is 0. The fourth-order valence-electron chi connectivity index (χ4n) is 2.72. The number of aromatic amines is 1. The maximum Gasteiger partial charge on any atom is 0.260 e. The molecule has 2 atom stereocenters. The highest BCUT2D eigenvalue weighted by Crippen LogP contribution is 2.24. The maximum atomic E-state index is 12.4. The molecule has 0 amide bonds. The molecule has 7 heteroatoms. The van der Waals surface area contributed by atoms with Crippen molar-refractivity contribution >= 4 is 10.0 Å². The summed E-state index contributed by atoms with van der Waals surface area (Å²) in [6, 6.07) is -0.0338. The quantitative estimate of drug-likeness (QED) is 0.734. The standard InChI is InChI=1S/C13H23N3O3S/c1-9-4-3-5-11(7-6-9)16-20(18,19)13-12(8-17)10(2)14-15-13/h9,11,16-17H,3-8H2,1-2H3,(H,14,15). The van der Waals surface area contributed by atoms with E-state index < -0.39 is 10.0 Å². The number of aliphatic hydroxyl groups excluding tert-OH is 1. The molecule has 114 valence electrons. The molecule has 0 spiro atoms.